The van der Waals surface area contributed by atoms with Crippen molar-refractivity contribution in [2.24, 2.45) is 0 Å². The largest absolute Gasteiger partial charge is 0.0958 e. The van der Waals surface area contributed by atoms with Crippen LogP contribution in [-0.4, -0.2) is 24.2 Å². The van der Waals surface area contributed by atoms with Crippen LogP contribution in [0.2, 0.25) is 52.4 Å². The molecule has 0 unspecified atom stereocenters. The second kappa shape index (κ2) is 6.87. The molecule has 0 amide bonds. The zero-order valence-corrected chi connectivity index (χ0v) is 21.3. The fourth-order valence-corrected chi connectivity index (χ4v) is 25.6. The Morgan fingerprint density at radius 3 is 1.07 bits per heavy atom. The van der Waals surface area contributed by atoms with Gasteiger partial charge in [0.1, 0.15) is 0 Å². The molecule has 0 nitrogen and oxygen atoms in total. The summed E-state index contributed by atoms with van der Waals surface area (Å²) in [4.78, 5) is 3.72. The molecule has 0 bridgehead atoms. The van der Waals surface area contributed by atoms with Crippen molar-refractivity contribution in [3.05, 3.63) is 81.4 Å². The zero-order valence-electron chi connectivity index (χ0n) is 18.3. The van der Waals surface area contributed by atoms with Crippen LogP contribution in [0.5, 0.6) is 0 Å². The van der Waals surface area contributed by atoms with E-state index < -0.39 is 24.2 Å². The molecule has 0 aromatic heterocycles. The van der Waals surface area contributed by atoms with Gasteiger partial charge >= 0.3 is 0 Å². The minimum Gasteiger partial charge on any atom is -0.0789 e. The molecule has 142 valence electrons. The molecule has 0 saturated carbocycles. The first-order valence-corrected chi connectivity index (χ1v) is 20.1. The van der Waals surface area contributed by atoms with Crippen molar-refractivity contribution in [1.82, 2.24) is 0 Å². The highest BCUT2D eigenvalue weighted by Gasteiger charge is 2.50. The maximum Gasteiger partial charge on any atom is 0.0958 e. The smallest absolute Gasteiger partial charge is 0.0789 e. The van der Waals surface area contributed by atoms with E-state index in [9.17, 15) is 0 Å². The Morgan fingerprint density at radius 1 is 0.519 bits per heavy atom. The highest BCUT2D eigenvalue weighted by atomic mass is 28.4. The van der Waals surface area contributed by atoms with Gasteiger partial charge in [-0.15, -0.1) is 0 Å². The lowest BCUT2D eigenvalue weighted by Crippen LogP contribution is -2.48. The van der Waals surface area contributed by atoms with Crippen LogP contribution in [0.25, 0.3) is 11.1 Å². The summed E-state index contributed by atoms with van der Waals surface area (Å²) in [7, 11) is -4.64. The molecule has 0 N–H and O–H groups in total. The molecule has 0 spiro atoms. The normalized spacial score (nSPS) is 17.6. The lowest BCUT2D eigenvalue weighted by Gasteiger charge is -2.37. The van der Waals surface area contributed by atoms with Gasteiger partial charge in [-0.2, -0.15) is 0 Å². The third-order valence-corrected chi connectivity index (χ3v) is 20.4. The molecule has 2 aromatic carbocycles. The molecule has 0 aliphatic carbocycles. The molecule has 1 aliphatic rings. The number of hydrogen-bond donors (Lipinski definition) is 0. The molecule has 27 heavy (non-hydrogen) atoms. The van der Waals surface area contributed by atoms with Gasteiger partial charge < -0.3 is 0 Å². The van der Waals surface area contributed by atoms with Crippen molar-refractivity contribution in [2.75, 3.05) is 0 Å². The van der Waals surface area contributed by atoms with Gasteiger partial charge in [0.25, 0.3) is 0 Å². The number of hydrogen-bond acceptors (Lipinski definition) is 0. The predicted octanol–water partition coefficient (Wildman–Crippen LogP) is 7.45. The summed E-state index contributed by atoms with van der Waals surface area (Å²) in [6, 6.07) is 22.4. The summed E-state index contributed by atoms with van der Waals surface area (Å²) >= 11 is 0. The van der Waals surface area contributed by atoms with Crippen LogP contribution < -0.4 is 0 Å². The van der Waals surface area contributed by atoms with E-state index in [0.29, 0.717) is 0 Å². The molecule has 0 atom stereocenters. The summed E-state index contributed by atoms with van der Waals surface area (Å²) < 4.78 is 0. The molecule has 1 aliphatic heterocycles. The lowest BCUT2D eigenvalue weighted by atomic mass is 9.95. The molecule has 2 aromatic rings. The van der Waals surface area contributed by atoms with Gasteiger partial charge in [-0.25, -0.2) is 0 Å². The highest BCUT2D eigenvalue weighted by molar-refractivity contribution is 7.19. The average molecular weight is 407 g/mol. The molecular weight excluding hydrogens is 373 g/mol. The van der Waals surface area contributed by atoms with Crippen LogP contribution in [0.4, 0.5) is 0 Å². The minimum absolute atomic E-state index is 1.42. The SMILES string of the molecule is C[Si](C)(C)C1=C(c2ccccc2)C(c2ccccc2)=C([Si](C)(C)C)[Si]1(C)C. The van der Waals surface area contributed by atoms with Crippen LogP contribution in [0, 0.1) is 0 Å². The molecule has 0 saturated heterocycles. The summed E-state index contributed by atoms with van der Waals surface area (Å²) in [5, 5.41) is 0. The van der Waals surface area contributed by atoms with Gasteiger partial charge in [0.05, 0.1) is 24.2 Å². The Bertz CT molecular complexity index is 815. The van der Waals surface area contributed by atoms with E-state index in [0.717, 1.165) is 0 Å². The van der Waals surface area contributed by atoms with Crippen LogP contribution in [0.15, 0.2) is 70.3 Å². The first-order chi connectivity index (χ1) is 12.5. The second-order valence-electron chi connectivity index (χ2n) is 10.4. The average Bonchev–Trinajstić information content (AvgIpc) is 2.84. The van der Waals surface area contributed by atoms with Crippen molar-refractivity contribution in [3.63, 3.8) is 0 Å². The quantitative estimate of drug-likeness (QED) is 0.462. The Balaban J connectivity index is 2.48. The number of benzene rings is 2. The van der Waals surface area contributed by atoms with Crippen molar-refractivity contribution in [1.29, 1.82) is 0 Å². The van der Waals surface area contributed by atoms with Crippen molar-refractivity contribution in [3.8, 4) is 0 Å². The Kier molecular flexibility index (Phi) is 5.17. The van der Waals surface area contributed by atoms with Gasteiger partial charge in [0, 0.05) is 0 Å². The third-order valence-electron chi connectivity index (χ3n) is 5.62. The summed E-state index contributed by atoms with van der Waals surface area (Å²) in [6.07, 6.45) is 0. The topological polar surface area (TPSA) is 0 Å². The Hall–Kier alpha value is -1.43. The van der Waals surface area contributed by atoms with Crippen LogP contribution in [0.1, 0.15) is 11.1 Å². The maximum absolute atomic E-state index is 2.63. The van der Waals surface area contributed by atoms with E-state index in [4.69, 9.17) is 0 Å². The molecule has 0 radical (unpaired) electrons. The molecule has 0 fully saturated rings. The van der Waals surface area contributed by atoms with Crippen molar-refractivity contribution in [2.45, 2.75) is 52.4 Å². The number of rotatable bonds is 4. The predicted molar refractivity (Wildman–Crippen MR) is 131 cm³/mol. The maximum atomic E-state index is 2.63. The fourth-order valence-electron chi connectivity index (χ4n) is 5.41. The highest BCUT2D eigenvalue weighted by Crippen LogP contribution is 2.53. The zero-order chi connectivity index (χ0) is 20.0. The monoisotopic (exact) mass is 406 g/mol. The van der Waals surface area contributed by atoms with E-state index in [1.807, 2.05) is 9.64 Å². The fraction of sp³-hybridized carbons (Fsp3) is 0.333. The molecule has 3 rings (SSSR count). The van der Waals surface area contributed by atoms with E-state index >= 15 is 0 Å². The molecule has 3 heteroatoms. The van der Waals surface area contributed by atoms with Crippen molar-refractivity contribution >= 4 is 35.4 Å². The summed E-state index contributed by atoms with van der Waals surface area (Å²) in [5.41, 5.74) is 6.02. The van der Waals surface area contributed by atoms with Gasteiger partial charge in [-0.05, 0) is 22.3 Å². The van der Waals surface area contributed by atoms with Gasteiger partial charge in [-0.1, -0.05) is 123 Å². The third kappa shape index (κ3) is 3.65. The summed E-state index contributed by atoms with van der Waals surface area (Å²) in [5.74, 6) is 0. The van der Waals surface area contributed by atoms with E-state index in [1.54, 1.807) is 11.1 Å². The Morgan fingerprint density at radius 2 is 0.815 bits per heavy atom. The number of allylic oxidation sites excluding steroid dienone is 2. The van der Waals surface area contributed by atoms with Crippen LogP contribution in [-0.2, 0) is 0 Å². The van der Waals surface area contributed by atoms with E-state index in [1.165, 1.54) is 11.1 Å². The first-order valence-electron chi connectivity index (χ1n) is 10.1. The van der Waals surface area contributed by atoms with Gasteiger partial charge in [0.15, 0.2) is 0 Å². The second-order valence-corrected chi connectivity index (χ2v) is 25.6. The van der Waals surface area contributed by atoms with Gasteiger partial charge in [-0.3, -0.25) is 0 Å². The van der Waals surface area contributed by atoms with Crippen LogP contribution >= 0.6 is 0 Å². The summed E-state index contributed by atoms with van der Waals surface area (Å²) in [6.45, 7) is 20.6. The Labute approximate surface area is 169 Å². The minimum atomic E-state index is -1.68. The first kappa shape index (κ1) is 20.3. The molecular formula is C24H34Si3. The van der Waals surface area contributed by atoms with E-state index in [-0.39, 0.29) is 0 Å². The lowest BCUT2D eigenvalue weighted by molar-refractivity contribution is 1.58. The van der Waals surface area contributed by atoms with Gasteiger partial charge in [0.2, 0.25) is 0 Å². The van der Waals surface area contributed by atoms with Crippen molar-refractivity contribution < 1.29 is 0 Å². The molecule has 1 heterocycles. The van der Waals surface area contributed by atoms with E-state index in [2.05, 4.69) is 113 Å². The standard InChI is InChI=1S/C24H34Si3/c1-25(2,3)23-21(19-15-11-9-12-16-19)22(20-17-13-10-14-18-20)24(26(4,5)6)27(23,7)8/h9-18H,1-8H3. The van der Waals surface area contributed by atoms with Crippen LogP contribution in [0.3, 0.4) is 0 Å².